The summed E-state index contributed by atoms with van der Waals surface area (Å²) in [7, 11) is 0. The molecule has 2 aromatic heterocycles. The highest BCUT2D eigenvalue weighted by Gasteiger charge is 2.15. The van der Waals surface area contributed by atoms with E-state index in [4.69, 9.17) is 0 Å². The van der Waals surface area contributed by atoms with Crippen molar-refractivity contribution in [2.45, 2.75) is 33.7 Å². The number of aryl methyl sites for hydroxylation is 1. The number of amides is 1. The minimum absolute atomic E-state index is 0.162. The van der Waals surface area contributed by atoms with E-state index in [1.54, 1.807) is 6.07 Å². The van der Waals surface area contributed by atoms with Crippen molar-refractivity contribution in [2.24, 2.45) is 5.92 Å². The fourth-order valence-corrected chi connectivity index (χ4v) is 3.23. The summed E-state index contributed by atoms with van der Waals surface area (Å²) in [6.07, 6.45) is 2.77. The van der Waals surface area contributed by atoms with Crippen LogP contribution in [0, 0.1) is 5.92 Å². The second-order valence-corrected chi connectivity index (χ2v) is 6.86. The first-order chi connectivity index (χ1) is 9.49. The normalized spacial score (nSPS) is 11.1. The van der Waals surface area contributed by atoms with Crippen LogP contribution in [0.2, 0.25) is 0 Å². The lowest BCUT2D eigenvalue weighted by atomic mass is 10.1. The van der Waals surface area contributed by atoms with Crippen LogP contribution in [-0.2, 0) is 13.0 Å². The van der Waals surface area contributed by atoms with Crippen LogP contribution in [0.3, 0.4) is 0 Å². The summed E-state index contributed by atoms with van der Waals surface area (Å²) in [4.78, 5) is 12.2. The number of nitrogens with zero attached hydrogens (tertiary/aromatic N) is 3. The maximum Gasteiger partial charge on any atom is 0.274 e. The first-order valence-electron chi connectivity index (χ1n) is 6.49. The van der Waals surface area contributed by atoms with E-state index in [0.717, 1.165) is 22.4 Å². The number of hydrogen-bond donors (Lipinski definition) is 1. The topological polar surface area (TPSA) is 59.8 Å². The molecule has 0 aliphatic heterocycles. The van der Waals surface area contributed by atoms with Gasteiger partial charge in [-0.15, -0.1) is 10.2 Å². The predicted molar refractivity (Wildman–Crippen MR) is 84.2 cm³/mol. The molecule has 0 aliphatic rings. The minimum Gasteiger partial charge on any atom is -0.343 e. The largest absolute Gasteiger partial charge is 0.343 e. The van der Waals surface area contributed by atoms with Crippen LogP contribution < -0.4 is 5.32 Å². The molecular formula is C13H17BrN4OS. The SMILES string of the molecule is CCn1cc(Br)cc1C(=O)Nc1nnc(CC(C)C)s1. The average Bonchev–Trinajstić information content (AvgIpc) is 2.95. The van der Waals surface area contributed by atoms with E-state index in [1.807, 2.05) is 17.7 Å². The molecule has 0 saturated heterocycles. The maximum atomic E-state index is 12.2. The highest BCUT2D eigenvalue weighted by atomic mass is 79.9. The van der Waals surface area contributed by atoms with E-state index in [2.05, 4.69) is 45.3 Å². The molecule has 0 unspecified atom stereocenters. The minimum atomic E-state index is -0.162. The first-order valence-corrected chi connectivity index (χ1v) is 8.10. The summed E-state index contributed by atoms with van der Waals surface area (Å²) in [5.74, 6) is 0.365. The summed E-state index contributed by atoms with van der Waals surface area (Å²) in [5, 5.41) is 12.4. The lowest BCUT2D eigenvalue weighted by Crippen LogP contribution is -2.16. The molecule has 2 heterocycles. The van der Waals surface area contributed by atoms with Gasteiger partial charge in [0.05, 0.1) is 0 Å². The van der Waals surface area contributed by atoms with Crippen LogP contribution in [0.15, 0.2) is 16.7 Å². The molecule has 0 bridgehead atoms. The van der Waals surface area contributed by atoms with Crippen LogP contribution >= 0.6 is 27.3 Å². The number of halogens is 1. The number of carbonyl (C=O) groups is 1. The molecule has 108 valence electrons. The molecule has 0 saturated carbocycles. The molecule has 1 N–H and O–H groups in total. The Hall–Kier alpha value is -1.21. The van der Waals surface area contributed by atoms with Crippen LogP contribution in [0.4, 0.5) is 5.13 Å². The molecule has 0 atom stereocenters. The Bertz CT molecular complexity index is 605. The number of carbonyl (C=O) groups excluding carboxylic acids is 1. The zero-order chi connectivity index (χ0) is 14.7. The van der Waals surface area contributed by atoms with E-state index in [9.17, 15) is 4.79 Å². The molecule has 0 fully saturated rings. The second-order valence-electron chi connectivity index (χ2n) is 4.88. The monoisotopic (exact) mass is 356 g/mol. The quantitative estimate of drug-likeness (QED) is 0.890. The van der Waals surface area contributed by atoms with Gasteiger partial charge in [-0.25, -0.2) is 0 Å². The molecule has 0 spiro atoms. The van der Waals surface area contributed by atoms with Crippen LogP contribution in [0.5, 0.6) is 0 Å². The summed E-state index contributed by atoms with van der Waals surface area (Å²) >= 11 is 4.81. The Morgan fingerprint density at radius 1 is 1.50 bits per heavy atom. The standard InChI is InChI=1S/C13H17BrN4OS/c1-4-18-7-9(14)6-10(18)12(19)15-13-17-16-11(20-13)5-8(2)3/h6-8H,4-5H2,1-3H3,(H,15,17,19). The number of rotatable bonds is 5. The van der Waals surface area contributed by atoms with Gasteiger partial charge in [0.25, 0.3) is 5.91 Å². The molecule has 2 rings (SSSR count). The Kier molecular flexibility index (Phi) is 4.93. The van der Waals surface area contributed by atoms with Crippen molar-refractivity contribution in [3.63, 3.8) is 0 Å². The molecule has 7 heteroatoms. The highest BCUT2D eigenvalue weighted by Crippen LogP contribution is 2.20. The lowest BCUT2D eigenvalue weighted by molar-refractivity contribution is 0.101. The van der Waals surface area contributed by atoms with Crippen molar-refractivity contribution in [1.82, 2.24) is 14.8 Å². The molecule has 5 nitrogen and oxygen atoms in total. The summed E-state index contributed by atoms with van der Waals surface area (Å²) in [6.45, 7) is 6.99. The van der Waals surface area contributed by atoms with Crippen LogP contribution in [0.25, 0.3) is 0 Å². The molecule has 0 aliphatic carbocycles. The van der Waals surface area contributed by atoms with Crippen molar-refractivity contribution in [1.29, 1.82) is 0 Å². The third-order valence-electron chi connectivity index (χ3n) is 2.71. The van der Waals surface area contributed by atoms with Gasteiger partial charge in [-0.2, -0.15) is 0 Å². The van der Waals surface area contributed by atoms with Crippen molar-refractivity contribution >= 4 is 38.3 Å². The first kappa shape index (κ1) is 15.2. The lowest BCUT2D eigenvalue weighted by Gasteiger charge is -2.04. The molecule has 0 aromatic carbocycles. The third kappa shape index (κ3) is 3.67. The van der Waals surface area contributed by atoms with Gasteiger partial charge in [0.1, 0.15) is 10.7 Å². The Balaban J connectivity index is 2.09. The maximum absolute atomic E-state index is 12.2. The van der Waals surface area contributed by atoms with E-state index in [-0.39, 0.29) is 5.91 Å². The average molecular weight is 357 g/mol. The number of nitrogens with one attached hydrogen (secondary N) is 1. The van der Waals surface area contributed by atoms with Gasteiger partial charge in [-0.05, 0) is 34.8 Å². The van der Waals surface area contributed by atoms with Crippen molar-refractivity contribution < 1.29 is 4.79 Å². The summed E-state index contributed by atoms with van der Waals surface area (Å²) < 4.78 is 2.78. The van der Waals surface area contributed by atoms with Crippen LogP contribution in [-0.4, -0.2) is 20.7 Å². The predicted octanol–water partition coefficient (Wildman–Crippen LogP) is 3.57. The van der Waals surface area contributed by atoms with Gasteiger partial charge in [-0.3, -0.25) is 10.1 Å². The molecule has 1 amide bonds. The molecule has 2 aromatic rings. The third-order valence-corrected chi connectivity index (χ3v) is 4.00. The van der Waals surface area contributed by atoms with Crippen LogP contribution in [0.1, 0.15) is 36.3 Å². The number of aromatic nitrogens is 3. The Morgan fingerprint density at radius 3 is 2.90 bits per heavy atom. The zero-order valence-electron chi connectivity index (χ0n) is 11.7. The van der Waals surface area contributed by atoms with Gasteiger partial charge >= 0.3 is 0 Å². The van der Waals surface area contributed by atoms with Gasteiger partial charge in [0, 0.05) is 23.6 Å². The van der Waals surface area contributed by atoms with Crippen molar-refractivity contribution in [3.05, 3.63) is 27.4 Å². The van der Waals surface area contributed by atoms with E-state index in [0.29, 0.717) is 16.7 Å². The van der Waals surface area contributed by atoms with E-state index in [1.165, 1.54) is 11.3 Å². The molecule has 0 radical (unpaired) electrons. The molecule has 20 heavy (non-hydrogen) atoms. The Morgan fingerprint density at radius 2 is 2.25 bits per heavy atom. The number of hydrogen-bond acceptors (Lipinski definition) is 4. The Labute approximate surface area is 130 Å². The number of anilines is 1. The fourth-order valence-electron chi connectivity index (χ4n) is 1.82. The zero-order valence-corrected chi connectivity index (χ0v) is 14.1. The van der Waals surface area contributed by atoms with Crippen molar-refractivity contribution in [2.75, 3.05) is 5.32 Å². The summed E-state index contributed by atoms with van der Waals surface area (Å²) in [6, 6.07) is 1.80. The van der Waals surface area contributed by atoms with Gasteiger partial charge < -0.3 is 4.57 Å². The van der Waals surface area contributed by atoms with Gasteiger partial charge in [0.15, 0.2) is 0 Å². The fraction of sp³-hybridized carbons (Fsp3) is 0.462. The van der Waals surface area contributed by atoms with E-state index < -0.39 is 0 Å². The van der Waals surface area contributed by atoms with Crippen molar-refractivity contribution in [3.8, 4) is 0 Å². The molecular weight excluding hydrogens is 340 g/mol. The summed E-state index contributed by atoms with van der Waals surface area (Å²) in [5.41, 5.74) is 0.611. The van der Waals surface area contributed by atoms with Gasteiger partial charge in [-0.1, -0.05) is 25.2 Å². The van der Waals surface area contributed by atoms with E-state index >= 15 is 0 Å². The second kappa shape index (κ2) is 6.49. The highest BCUT2D eigenvalue weighted by molar-refractivity contribution is 9.10. The smallest absolute Gasteiger partial charge is 0.274 e. The van der Waals surface area contributed by atoms with Gasteiger partial charge in [0.2, 0.25) is 5.13 Å².